The number of aromatic nitrogens is 2. The lowest BCUT2D eigenvalue weighted by Crippen LogP contribution is -2.50. The molecule has 1 aromatic carbocycles. The van der Waals surface area contributed by atoms with Crippen LogP contribution in [-0.4, -0.2) is 58.1 Å². The normalized spacial score (nSPS) is 21.8. The van der Waals surface area contributed by atoms with E-state index in [4.69, 9.17) is 4.74 Å². The van der Waals surface area contributed by atoms with Crippen LogP contribution in [0.4, 0.5) is 4.39 Å². The molecule has 0 bridgehead atoms. The lowest BCUT2D eigenvalue weighted by Gasteiger charge is -2.39. The highest BCUT2D eigenvalue weighted by atomic mass is 19.1. The van der Waals surface area contributed by atoms with Crippen LogP contribution < -0.4 is 4.74 Å². The topological polar surface area (TPSA) is 67.7 Å². The molecule has 29 heavy (non-hydrogen) atoms. The summed E-state index contributed by atoms with van der Waals surface area (Å²) in [6, 6.07) is 6.25. The van der Waals surface area contributed by atoms with E-state index in [2.05, 4.69) is 5.10 Å². The molecule has 0 saturated carbocycles. The second kappa shape index (κ2) is 7.50. The first-order valence-electron chi connectivity index (χ1n) is 9.83. The average Bonchev–Trinajstić information content (AvgIpc) is 3.34. The second-order valence-corrected chi connectivity index (χ2v) is 7.88. The molecule has 8 heteroatoms. The summed E-state index contributed by atoms with van der Waals surface area (Å²) in [5.74, 6) is 0.115. The maximum Gasteiger partial charge on any atom is 0.272 e. The van der Waals surface area contributed by atoms with Gasteiger partial charge in [-0.2, -0.15) is 5.10 Å². The lowest BCUT2D eigenvalue weighted by molar-refractivity contribution is -0.146. The van der Waals surface area contributed by atoms with Crippen LogP contribution in [0.1, 0.15) is 35.3 Å². The molecule has 1 aromatic heterocycles. The maximum atomic E-state index is 14.3. The molecule has 2 aliphatic heterocycles. The molecule has 4 rings (SSSR count). The van der Waals surface area contributed by atoms with E-state index >= 15 is 0 Å². The number of ether oxygens (including phenoxy) is 1. The summed E-state index contributed by atoms with van der Waals surface area (Å²) < 4.78 is 21.0. The van der Waals surface area contributed by atoms with E-state index in [1.807, 2.05) is 0 Å². The van der Waals surface area contributed by atoms with Crippen LogP contribution in [0.3, 0.4) is 0 Å². The Morgan fingerprint density at radius 3 is 2.83 bits per heavy atom. The van der Waals surface area contributed by atoms with Crippen molar-refractivity contribution >= 4 is 11.8 Å². The minimum absolute atomic E-state index is 0.00581. The monoisotopic (exact) mass is 400 g/mol. The Morgan fingerprint density at radius 1 is 1.28 bits per heavy atom. The van der Waals surface area contributed by atoms with E-state index in [0.29, 0.717) is 43.1 Å². The molecular formula is C21H25FN4O3. The highest BCUT2D eigenvalue weighted by Crippen LogP contribution is 2.41. The molecule has 3 heterocycles. The summed E-state index contributed by atoms with van der Waals surface area (Å²) in [6.45, 7) is 1.73. The number of hydrogen-bond acceptors (Lipinski definition) is 4. The molecule has 2 aliphatic rings. The smallest absolute Gasteiger partial charge is 0.272 e. The van der Waals surface area contributed by atoms with Gasteiger partial charge < -0.3 is 14.5 Å². The van der Waals surface area contributed by atoms with E-state index in [-0.39, 0.29) is 24.2 Å². The van der Waals surface area contributed by atoms with E-state index < -0.39 is 5.41 Å². The van der Waals surface area contributed by atoms with Gasteiger partial charge in [-0.1, -0.05) is 0 Å². The SMILES string of the molecule is COc1ccc(F)c(CN2CCC[C@]3(CCN(C(=O)c4ccnn4C)C3)C2=O)c1. The molecule has 0 aliphatic carbocycles. The number of piperidine rings is 1. The summed E-state index contributed by atoms with van der Waals surface area (Å²) in [7, 11) is 3.26. The first kappa shape index (κ1) is 19.4. The zero-order chi connectivity index (χ0) is 20.6. The molecule has 2 amide bonds. The van der Waals surface area contributed by atoms with Crippen LogP contribution >= 0.6 is 0 Å². The molecule has 1 atom stereocenters. The van der Waals surface area contributed by atoms with Gasteiger partial charge in [-0.05, 0) is 43.5 Å². The van der Waals surface area contributed by atoms with Crippen molar-refractivity contribution in [1.29, 1.82) is 0 Å². The molecule has 0 radical (unpaired) electrons. The molecule has 1 spiro atoms. The van der Waals surface area contributed by atoms with Gasteiger partial charge in [0, 0.05) is 45.0 Å². The number of benzene rings is 1. The average molecular weight is 400 g/mol. The molecule has 154 valence electrons. The summed E-state index contributed by atoms with van der Waals surface area (Å²) in [6.07, 6.45) is 3.81. The Morgan fingerprint density at radius 2 is 2.10 bits per heavy atom. The van der Waals surface area contributed by atoms with Crippen molar-refractivity contribution in [3.63, 3.8) is 0 Å². The largest absolute Gasteiger partial charge is 0.497 e. The molecule has 2 saturated heterocycles. The highest BCUT2D eigenvalue weighted by molar-refractivity contribution is 5.94. The molecule has 0 N–H and O–H groups in total. The Bertz CT molecular complexity index is 944. The summed E-state index contributed by atoms with van der Waals surface area (Å²) >= 11 is 0. The number of nitrogens with zero attached hydrogens (tertiary/aromatic N) is 4. The van der Waals surface area contributed by atoms with Crippen LogP contribution in [0.15, 0.2) is 30.5 Å². The zero-order valence-corrected chi connectivity index (χ0v) is 16.7. The third kappa shape index (κ3) is 3.47. The molecule has 2 aromatic rings. The van der Waals surface area contributed by atoms with Gasteiger partial charge in [0.05, 0.1) is 12.5 Å². The minimum atomic E-state index is -0.582. The number of rotatable bonds is 4. The van der Waals surface area contributed by atoms with Gasteiger partial charge in [-0.25, -0.2) is 4.39 Å². The van der Waals surface area contributed by atoms with Gasteiger partial charge in [0.25, 0.3) is 5.91 Å². The van der Waals surface area contributed by atoms with Crippen molar-refractivity contribution in [3.05, 3.63) is 47.5 Å². The fourth-order valence-corrected chi connectivity index (χ4v) is 4.48. The van der Waals surface area contributed by atoms with E-state index in [9.17, 15) is 14.0 Å². The van der Waals surface area contributed by atoms with Crippen LogP contribution in [0, 0.1) is 11.2 Å². The number of carbonyl (C=O) groups is 2. The molecule has 0 unspecified atom stereocenters. The van der Waals surface area contributed by atoms with Gasteiger partial charge in [0.2, 0.25) is 5.91 Å². The number of aryl methyl sites for hydroxylation is 1. The van der Waals surface area contributed by atoms with Crippen LogP contribution in [0.2, 0.25) is 0 Å². The van der Waals surface area contributed by atoms with Crippen molar-refractivity contribution in [2.24, 2.45) is 12.5 Å². The van der Waals surface area contributed by atoms with Crippen molar-refractivity contribution in [2.75, 3.05) is 26.7 Å². The second-order valence-electron chi connectivity index (χ2n) is 7.88. The van der Waals surface area contributed by atoms with Crippen molar-refractivity contribution in [1.82, 2.24) is 19.6 Å². The van der Waals surface area contributed by atoms with Crippen molar-refractivity contribution < 1.29 is 18.7 Å². The van der Waals surface area contributed by atoms with Gasteiger partial charge in [0.1, 0.15) is 17.3 Å². The van der Waals surface area contributed by atoms with Gasteiger partial charge >= 0.3 is 0 Å². The van der Waals surface area contributed by atoms with E-state index in [1.165, 1.54) is 13.2 Å². The Balaban J connectivity index is 1.50. The predicted octanol–water partition coefficient (Wildman–Crippen LogP) is 2.22. The highest BCUT2D eigenvalue weighted by Gasteiger charge is 2.49. The number of hydrogen-bond donors (Lipinski definition) is 0. The van der Waals surface area contributed by atoms with E-state index in [1.54, 1.807) is 45.9 Å². The fraction of sp³-hybridized carbons (Fsp3) is 0.476. The van der Waals surface area contributed by atoms with Crippen molar-refractivity contribution in [3.8, 4) is 5.75 Å². The fourth-order valence-electron chi connectivity index (χ4n) is 4.48. The number of halogens is 1. The maximum absolute atomic E-state index is 14.3. The molecule has 7 nitrogen and oxygen atoms in total. The number of amides is 2. The first-order valence-corrected chi connectivity index (χ1v) is 9.83. The Hall–Kier alpha value is -2.90. The number of carbonyl (C=O) groups excluding carboxylic acids is 2. The zero-order valence-electron chi connectivity index (χ0n) is 16.7. The van der Waals surface area contributed by atoms with Gasteiger partial charge in [-0.15, -0.1) is 0 Å². The summed E-state index contributed by atoms with van der Waals surface area (Å²) in [5, 5.41) is 4.06. The Labute approximate surface area is 169 Å². The quantitative estimate of drug-likeness (QED) is 0.789. The summed E-state index contributed by atoms with van der Waals surface area (Å²) in [5.41, 5.74) is 0.373. The van der Waals surface area contributed by atoms with Gasteiger partial charge in [0.15, 0.2) is 0 Å². The van der Waals surface area contributed by atoms with Crippen LogP contribution in [0.25, 0.3) is 0 Å². The third-order valence-electron chi connectivity index (χ3n) is 6.12. The first-order chi connectivity index (χ1) is 13.9. The van der Waals surface area contributed by atoms with Crippen LogP contribution in [0.5, 0.6) is 5.75 Å². The third-order valence-corrected chi connectivity index (χ3v) is 6.12. The van der Waals surface area contributed by atoms with E-state index in [0.717, 1.165) is 12.8 Å². The van der Waals surface area contributed by atoms with Gasteiger partial charge in [-0.3, -0.25) is 14.3 Å². The van der Waals surface area contributed by atoms with Crippen molar-refractivity contribution in [2.45, 2.75) is 25.8 Å². The summed E-state index contributed by atoms with van der Waals surface area (Å²) in [4.78, 5) is 29.6. The predicted molar refractivity (Wildman–Crippen MR) is 104 cm³/mol. The minimum Gasteiger partial charge on any atom is -0.497 e. The standard InChI is InChI=1S/C21H25FN4O3/c1-24-18(6-9-23-24)19(27)26-11-8-21(14-26)7-3-10-25(20(21)28)13-15-12-16(29-2)4-5-17(15)22/h4-6,9,12H,3,7-8,10-11,13-14H2,1-2H3/t21-/m1/s1. The number of methoxy groups -OCH3 is 1. The lowest BCUT2D eigenvalue weighted by atomic mass is 9.78. The number of likely N-dealkylation sites (tertiary alicyclic amines) is 2. The molecule has 2 fully saturated rings. The Kier molecular flexibility index (Phi) is 5.02. The molecular weight excluding hydrogens is 375 g/mol. The van der Waals surface area contributed by atoms with Crippen LogP contribution in [-0.2, 0) is 18.4 Å².